The Morgan fingerprint density at radius 3 is 2.56 bits per heavy atom. The highest BCUT2D eigenvalue weighted by Gasteiger charge is 2.03. The van der Waals surface area contributed by atoms with E-state index in [9.17, 15) is 4.79 Å². The summed E-state index contributed by atoms with van der Waals surface area (Å²) in [4.78, 5) is 11.2. The molecule has 1 N–H and O–H groups in total. The van der Waals surface area contributed by atoms with Crippen LogP contribution in [0.2, 0.25) is 0 Å². The highest BCUT2D eigenvalue weighted by molar-refractivity contribution is 5.89. The number of benzene rings is 1. The lowest BCUT2D eigenvalue weighted by Crippen LogP contribution is -2.20. The van der Waals surface area contributed by atoms with Crippen molar-refractivity contribution in [3.8, 4) is 0 Å². The van der Waals surface area contributed by atoms with Crippen molar-refractivity contribution in [2.24, 2.45) is 0 Å². The molecule has 0 aliphatic heterocycles. The van der Waals surface area contributed by atoms with E-state index in [-0.39, 0.29) is 5.97 Å². The molecule has 18 heavy (non-hydrogen) atoms. The van der Waals surface area contributed by atoms with Crippen LogP contribution in [0.25, 0.3) is 0 Å². The molecule has 1 aromatic rings. The number of nitrogens with one attached hydrogen (secondary N) is 1. The van der Waals surface area contributed by atoms with Crippen LogP contribution < -0.4 is 5.32 Å². The molecule has 0 unspecified atom stereocenters. The van der Waals surface area contributed by atoms with E-state index in [1.807, 2.05) is 12.1 Å². The molecule has 1 aromatic carbocycles. The fraction of sp³-hybridized carbons (Fsp3) is 0.500. The SMILES string of the molecule is CCCNCCOCc1ccc(C(=O)OC)cc1. The third-order valence-corrected chi connectivity index (χ3v) is 2.49. The summed E-state index contributed by atoms with van der Waals surface area (Å²) in [6.07, 6.45) is 1.13. The maximum absolute atomic E-state index is 11.2. The average molecular weight is 251 g/mol. The molecule has 0 saturated carbocycles. The molecular weight excluding hydrogens is 230 g/mol. The van der Waals surface area contributed by atoms with Gasteiger partial charge in [0.25, 0.3) is 0 Å². The Bertz CT molecular complexity index is 349. The molecule has 4 heteroatoms. The van der Waals surface area contributed by atoms with E-state index in [0.717, 1.165) is 25.1 Å². The molecule has 0 aliphatic carbocycles. The first-order chi connectivity index (χ1) is 8.77. The summed E-state index contributed by atoms with van der Waals surface area (Å²) in [7, 11) is 1.38. The Labute approximate surface area is 108 Å². The second-order valence-electron chi connectivity index (χ2n) is 3.99. The smallest absolute Gasteiger partial charge is 0.337 e. The first kappa shape index (κ1) is 14.7. The Kier molecular flexibility index (Phi) is 7.06. The molecule has 0 aromatic heterocycles. The molecule has 0 radical (unpaired) electrons. The van der Waals surface area contributed by atoms with Crippen LogP contribution in [0.15, 0.2) is 24.3 Å². The van der Waals surface area contributed by atoms with Crippen LogP contribution >= 0.6 is 0 Å². The normalized spacial score (nSPS) is 10.3. The third-order valence-electron chi connectivity index (χ3n) is 2.49. The lowest BCUT2D eigenvalue weighted by Gasteiger charge is -2.06. The largest absolute Gasteiger partial charge is 0.465 e. The molecule has 0 saturated heterocycles. The predicted molar refractivity (Wildman–Crippen MR) is 70.6 cm³/mol. The van der Waals surface area contributed by atoms with E-state index >= 15 is 0 Å². The van der Waals surface area contributed by atoms with E-state index in [1.54, 1.807) is 12.1 Å². The zero-order valence-corrected chi connectivity index (χ0v) is 11.1. The number of carbonyl (C=O) groups excluding carboxylic acids is 1. The van der Waals surface area contributed by atoms with Crippen molar-refractivity contribution in [2.45, 2.75) is 20.0 Å². The van der Waals surface area contributed by atoms with Gasteiger partial charge in [0.05, 0.1) is 25.9 Å². The van der Waals surface area contributed by atoms with Gasteiger partial charge >= 0.3 is 5.97 Å². The number of hydrogen-bond acceptors (Lipinski definition) is 4. The fourth-order valence-electron chi connectivity index (χ4n) is 1.49. The highest BCUT2D eigenvalue weighted by atomic mass is 16.5. The molecule has 100 valence electrons. The molecule has 0 aliphatic rings. The van der Waals surface area contributed by atoms with Gasteiger partial charge in [-0.2, -0.15) is 0 Å². The molecule has 0 spiro atoms. The molecule has 0 heterocycles. The van der Waals surface area contributed by atoms with E-state index in [1.165, 1.54) is 7.11 Å². The van der Waals surface area contributed by atoms with Gasteiger partial charge in [0.15, 0.2) is 0 Å². The number of methoxy groups -OCH3 is 1. The second-order valence-corrected chi connectivity index (χ2v) is 3.99. The maximum atomic E-state index is 11.2. The fourth-order valence-corrected chi connectivity index (χ4v) is 1.49. The van der Waals surface area contributed by atoms with Gasteiger partial charge < -0.3 is 14.8 Å². The Morgan fingerprint density at radius 2 is 1.94 bits per heavy atom. The Hall–Kier alpha value is -1.39. The minimum Gasteiger partial charge on any atom is -0.465 e. The molecule has 4 nitrogen and oxygen atoms in total. The van der Waals surface area contributed by atoms with Gasteiger partial charge in [-0.15, -0.1) is 0 Å². The molecule has 1 rings (SSSR count). The number of ether oxygens (including phenoxy) is 2. The van der Waals surface area contributed by atoms with E-state index in [4.69, 9.17) is 4.74 Å². The second kappa shape index (κ2) is 8.66. The van der Waals surface area contributed by atoms with Gasteiger partial charge in [0.2, 0.25) is 0 Å². The van der Waals surface area contributed by atoms with Crippen molar-refractivity contribution in [3.05, 3.63) is 35.4 Å². The summed E-state index contributed by atoms with van der Waals surface area (Å²) >= 11 is 0. The van der Waals surface area contributed by atoms with E-state index in [0.29, 0.717) is 18.8 Å². The zero-order valence-electron chi connectivity index (χ0n) is 11.1. The van der Waals surface area contributed by atoms with Crippen molar-refractivity contribution in [1.29, 1.82) is 0 Å². The zero-order chi connectivity index (χ0) is 13.2. The highest BCUT2D eigenvalue weighted by Crippen LogP contribution is 2.06. The van der Waals surface area contributed by atoms with Crippen LogP contribution in [0.3, 0.4) is 0 Å². The summed E-state index contributed by atoms with van der Waals surface area (Å²) in [6.45, 7) is 5.29. The first-order valence-corrected chi connectivity index (χ1v) is 6.23. The van der Waals surface area contributed by atoms with Gasteiger partial charge in [-0.25, -0.2) is 4.79 Å². The summed E-state index contributed by atoms with van der Waals surface area (Å²) in [5.41, 5.74) is 1.61. The van der Waals surface area contributed by atoms with Crippen LogP contribution in [0.4, 0.5) is 0 Å². The van der Waals surface area contributed by atoms with E-state index < -0.39 is 0 Å². The Morgan fingerprint density at radius 1 is 1.22 bits per heavy atom. The van der Waals surface area contributed by atoms with Gasteiger partial charge in [-0.3, -0.25) is 0 Å². The average Bonchev–Trinajstić information content (AvgIpc) is 2.42. The Balaban J connectivity index is 2.25. The van der Waals surface area contributed by atoms with Crippen molar-refractivity contribution in [1.82, 2.24) is 5.32 Å². The van der Waals surface area contributed by atoms with Crippen LogP contribution in [0, 0.1) is 0 Å². The quantitative estimate of drug-likeness (QED) is 0.567. The number of esters is 1. The molecular formula is C14H21NO3. The van der Waals surface area contributed by atoms with Crippen molar-refractivity contribution < 1.29 is 14.3 Å². The topological polar surface area (TPSA) is 47.6 Å². The van der Waals surface area contributed by atoms with Crippen LogP contribution in [-0.4, -0.2) is 32.8 Å². The minimum absolute atomic E-state index is 0.314. The van der Waals surface area contributed by atoms with Crippen LogP contribution in [0.1, 0.15) is 29.3 Å². The third kappa shape index (κ3) is 5.29. The minimum atomic E-state index is -0.314. The molecule has 0 fully saturated rings. The monoisotopic (exact) mass is 251 g/mol. The van der Waals surface area contributed by atoms with Crippen molar-refractivity contribution in [3.63, 3.8) is 0 Å². The lowest BCUT2D eigenvalue weighted by molar-refractivity contribution is 0.0600. The number of carbonyl (C=O) groups is 1. The van der Waals surface area contributed by atoms with Crippen LogP contribution in [-0.2, 0) is 16.1 Å². The van der Waals surface area contributed by atoms with Gasteiger partial charge in [0, 0.05) is 6.54 Å². The van der Waals surface area contributed by atoms with E-state index in [2.05, 4.69) is 17.0 Å². The molecule has 0 amide bonds. The summed E-state index contributed by atoms with van der Waals surface area (Å²) in [6, 6.07) is 7.26. The predicted octanol–water partition coefficient (Wildman–Crippen LogP) is 1.99. The summed E-state index contributed by atoms with van der Waals surface area (Å²) in [5, 5.41) is 3.27. The summed E-state index contributed by atoms with van der Waals surface area (Å²) < 4.78 is 10.1. The number of rotatable bonds is 8. The molecule has 0 bridgehead atoms. The summed E-state index contributed by atoms with van der Waals surface area (Å²) in [5.74, 6) is -0.314. The van der Waals surface area contributed by atoms with Gasteiger partial charge in [-0.05, 0) is 30.7 Å². The van der Waals surface area contributed by atoms with Gasteiger partial charge in [-0.1, -0.05) is 19.1 Å². The van der Waals surface area contributed by atoms with Crippen molar-refractivity contribution >= 4 is 5.97 Å². The maximum Gasteiger partial charge on any atom is 0.337 e. The number of hydrogen-bond donors (Lipinski definition) is 1. The van der Waals surface area contributed by atoms with Gasteiger partial charge in [0.1, 0.15) is 0 Å². The van der Waals surface area contributed by atoms with Crippen LogP contribution in [0.5, 0.6) is 0 Å². The lowest BCUT2D eigenvalue weighted by atomic mass is 10.1. The first-order valence-electron chi connectivity index (χ1n) is 6.23. The van der Waals surface area contributed by atoms with Crippen molar-refractivity contribution in [2.75, 3.05) is 26.8 Å². The molecule has 0 atom stereocenters. The standard InChI is InChI=1S/C14H21NO3/c1-3-8-15-9-10-18-11-12-4-6-13(7-5-12)14(16)17-2/h4-7,15H,3,8-11H2,1-2H3.